The minimum absolute atomic E-state index is 0.193. The molecule has 18 heavy (non-hydrogen) atoms. The molecule has 3 heteroatoms. The average Bonchev–Trinajstić information content (AvgIpc) is 2.42. The second kappa shape index (κ2) is 5.65. The van der Waals surface area contributed by atoms with Gasteiger partial charge in [0.25, 0.3) is 0 Å². The van der Waals surface area contributed by atoms with Crippen molar-refractivity contribution in [1.82, 2.24) is 0 Å². The first-order valence-corrected chi connectivity index (χ1v) is 6.66. The molecule has 0 radical (unpaired) electrons. The molecule has 1 atom stereocenters. The van der Waals surface area contributed by atoms with E-state index in [9.17, 15) is 5.11 Å². The quantitative estimate of drug-likeness (QED) is 0.912. The van der Waals surface area contributed by atoms with Gasteiger partial charge in [-0.05, 0) is 17.2 Å². The van der Waals surface area contributed by atoms with Gasteiger partial charge in [-0.2, -0.15) is 0 Å². The van der Waals surface area contributed by atoms with Crippen molar-refractivity contribution in [2.75, 3.05) is 6.54 Å². The van der Waals surface area contributed by atoms with Gasteiger partial charge in [0.05, 0.1) is 0 Å². The van der Waals surface area contributed by atoms with Crippen LogP contribution in [0.25, 0.3) is 0 Å². The summed E-state index contributed by atoms with van der Waals surface area (Å²) in [5, 5.41) is 10.7. The Kier molecular flexibility index (Phi) is 4.17. The van der Waals surface area contributed by atoms with Crippen LogP contribution in [-0.2, 0) is 12.0 Å². The van der Waals surface area contributed by atoms with Crippen molar-refractivity contribution in [2.24, 2.45) is 5.73 Å². The second-order valence-electron chi connectivity index (χ2n) is 4.37. The van der Waals surface area contributed by atoms with Gasteiger partial charge in [0.15, 0.2) is 0 Å². The fourth-order valence-corrected chi connectivity index (χ4v) is 2.42. The van der Waals surface area contributed by atoms with Crippen LogP contribution in [0.4, 0.5) is 0 Å². The van der Waals surface area contributed by atoms with Crippen LogP contribution in [0.15, 0.2) is 59.1 Å². The first-order chi connectivity index (χ1) is 8.65. The van der Waals surface area contributed by atoms with E-state index in [2.05, 4.69) is 15.9 Å². The zero-order valence-electron chi connectivity index (χ0n) is 10.0. The summed E-state index contributed by atoms with van der Waals surface area (Å²) in [6.07, 6.45) is 0.495. The van der Waals surface area contributed by atoms with Gasteiger partial charge in [0.2, 0.25) is 0 Å². The Labute approximate surface area is 116 Å². The summed E-state index contributed by atoms with van der Waals surface area (Å²) in [6.45, 7) is 0.193. The Balaban J connectivity index is 2.32. The Morgan fingerprint density at radius 1 is 1.00 bits per heavy atom. The SMILES string of the molecule is NCC(O)(Cc1ccccc1Br)c1ccccc1. The van der Waals surface area contributed by atoms with Gasteiger partial charge >= 0.3 is 0 Å². The zero-order valence-corrected chi connectivity index (χ0v) is 11.6. The molecule has 2 rings (SSSR count). The van der Waals surface area contributed by atoms with E-state index in [-0.39, 0.29) is 6.54 Å². The summed E-state index contributed by atoms with van der Waals surface area (Å²) in [5.41, 5.74) is 6.65. The van der Waals surface area contributed by atoms with Gasteiger partial charge < -0.3 is 10.8 Å². The molecule has 0 bridgehead atoms. The van der Waals surface area contributed by atoms with Crippen molar-refractivity contribution >= 4 is 15.9 Å². The van der Waals surface area contributed by atoms with E-state index in [0.717, 1.165) is 15.6 Å². The van der Waals surface area contributed by atoms with Crippen LogP contribution in [0.5, 0.6) is 0 Å². The van der Waals surface area contributed by atoms with E-state index in [1.165, 1.54) is 0 Å². The number of rotatable bonds is 4. The van der Waals surface area contributed by atoms with Gasteiger partial charge in [-0.15, -0.1) is 0 Å². The lowest BCUT2D eigenvalue weighted by molar-refractivity contribution is 0.0461. The predicted molar refractivity (Wildman–Crippen MR) is 77.2 cm³/mol. The molecular weight excluding hydrogens is 290 g/mol. The fraction of sp³-hybridized carbons (Fsp3) is 0.200. The highest BCUT2D eigenvalue weighted by atomic mass is 79.9. The van der Waals surface area contributed by atoms with Crippen molar-refractivity contribution in [2.45, 2.75) is 12.0 Å². The molecule has 0 aliphatic rings. The first-order valence-electron chi connectivity index (χ1n) is 5.87. The summed E-state index contributed by atoms with van der Waals surface area (Å²) < 4.78 is 0.993. The van der Waals surface area contributed by atoms with Gasteiger partial charge in [0, 0.05) is 17.4 Å². The fourth-order valence-electron chi connectivity index (χ4n) is 2.00. The zero-order chi connectivity index (χ0) is 13.0. The van der Waals surface area contributed by atoms with Crippen molar-refractivity contribution in [3.8, 4) is 0 Å². The van der Waals surface area contributed by atoms with E-state index in [4.69, 9.17) is 5.73 Å². The number of hydrogen-bond acceptors (Lipinski definition) is 2. The Morgan fingerprint density at radius 3 is 2.22 bits per heavy atom. The molecule has 0 amide bonds. The van der Waals surface area contributed by atoms with Crippen molar-refractivity contribution in [3.05, 3.63) is 70.2 Å². The predicted octanol–water partition coefficient (Wildman–Crippen LogP) is 2.84. The van der Waals surface area contributed by atoms with Gasteiger partial charge in [-0.25, -0.2) is 0 Å². The van der Waals surface area contributed by atoms with Crippen molar-refractivity contribution in [1.29, 1.82) is 0 Å². The third-order valence-electron chi connectivity index (χ3n) is 3.09. The van der Waals surface area contributed by atoms with Gasteiger partial charge in [0.1, 0.15) is 5.60 Å². The van der Waals surface area contributed by atoms with Crippen LogP contribution in [-0.4, -0.2) is 11.7 Å². The molecule has 2 aromatic carbocycles. The molecule has 0 fully saturated rings. The van der Waals surface area contributed by atoms with E-state index < -0.39 is 5.60 Å². The third kappa shape index (κ3) is 2.80. The molecule has 0 aromatic heterocycles. The molecule has 0 spiro atoms. The molecule has 2 aromatic rings. The lowest BCUT2D eigenvalue weighted by Crippen LogP contribution is -2.37. The standard InChI is InChI=1S/C15H16BrNO/c16-14-9-5-4-6-12(14)10-15(18,11-17)13-7-2-1-3-8-13/h1-9,18H,10-11,17H2. The highest BCUT2D eigenvalue weighted by molar-refractivity contribution is 9.10. The number of nitrogens with two attached hydrogens (primary N) is 1. The Hall–Kier alpha value is -1.16. The normalized spacial score (nSPS) is 14.2. The van der Waals surface area contributed by atoms with Crippen molar-refractivity contribution in [3.63, 3.8) is 0 Å². The van der Waals surface area contributed by atoms with Crippen LogP contribution in [0.1, 0.15) is 11.1 Å². The smallest absolute Gasteiger partial charge is 0.106 e. The molecule has 0 saturated heterocycles. The van der Waals surface area contributed by atoms with Crippen LogP contribution in [0, 0.1) is 0 Å². The molecule has 3 N–H and O–H groups in total. The summed E-state index contributed by atoms with van der Waals surface area (Å²) in [6, 6.07) is 17.4. The molecule has 2 nitrogen and oxygen atoms in total. The lowest BCUT2D eigenvalue weighted by Gasteiger charge is -2.27. The molecule has 0 aliphatic carbocycles. The van der Waals surface area contributed by atoms with E-state index in [1.807, 2.05) is 54.6 Å². The highest BCUT2D eigenvalue weighted by Crippen LogP contribution is 2.28. The van der Waals surface area contributed by atoms with E-state index in [1.54, 1.807) is 0 Å². The van der Waals surface area contributed by atoms with E-state index >= 15 is 0 Å². The van der Waals surface area contributed by atoms with Crippen LogP contribution in [0.3, 0.4) is 0 Å². The van der Waals surface area contributed by atoms with Crippen molar-refractivity contribution < 1.29 is 5.11 Å². The molecular formula is C15H16BrNO. The minimum atomic E-state index is -1.02. The summed E-state index contributed by atoms with van der Waals surface area (Å²) >= 11 is 3.50. The molecule has 0 saturated carbocycles. The maximum absolute atomic E-state index is 10.7. The third-order valence-corrected chi connectivity index (χ3v) is 3.86. The first kappa shape index (κ1) is 13.3. The number of aliphatic hydroxyl groups is 1. The molecule has 1 unspecified atom stereocenters. The van der Waals surface area contributed by atoms with Crippen LogP contribution in [0.2, 0.25) is 0 Å². The molecule has 0 heterocycles. The molecule has 94 valence electrons. The van der Waals surface area contributed by atoms with Gasteiger partial charge in [-0.3, -0.25) is 0 Å². The topological polar surface area (TPSA) is 46.2 Å². The maximum Gasteiger partial charge on any atom is 0.106 e. The maximum atomic E-state index is 10.7. The number of halogens is 1. The van der Waals surface area contributed by atoms with Crippen LogP contribution < -0.4 is 5.73 Å². The highest BCUT2D eigenvalue weighted by Gasteiger charge is 2.28. The Bertz CT molecular complexity index is 515. The monoisotopic (exact) mass is 305 g/mol. The van der Waals surface area contributed by atoms with Gasteiger partial charge in [-0.1, -0.05) is 64.5 Å². The van der Waals surface area contributed by atoms with Crippen LogP contribution >= 0.6 is 15.9 Å². The summed E-state index contributed by atoms with van der Waals surface area (Å²) in [5.74, 6) is 0. The van der Waals surface area contributed by atoms with E-state index in [0.29, 0.717) is 6.42 Å². The molecule has 0 aliphatic heterocycles. The second-order valence-corrected chi connectivity index (χ2v) is 5.22. The number of benzene rings is 2. The largest absolute Gasteiger partial charge is 0.383 e. The Morgan fingerprint density at radius 2 is 1.61 bits per heavy atom. The summed E-state index contributed by atoms with van der Waals surface area (Å²) in [4.78, 5) is 0. The number of hydrogen-bond donors (Lipinski definition) is 2. The summed E-state index contributed by atoms with van der Waals surface area (Å²) in [7, 11) is 0. The average molecular weight is 306 g/mol. The minimum Gasteiger partial charge on any atom is -0.383 e. The lowest BCUT2D eigenvalue weighted by atomic mass is 9.87.